The summed E-state index contributed by atoms with van der Waals surface area (Å²) in [6.07, 6.45) is 3.93. The number of nitrogens with zero attached hydrogens (tertiary/aromatic N) is 3. The van der Waals surface area contributed by atoms with Gasteiger partial charge in [-0.3, -0.25) is 9.69 Å². The summed E-state index contributed by atoms with van der Waals surface area (Å²) >= 11 is 0. The number of hydrogen-bond donors (Lipinski definition) is 2. The number of rotatable bonds is 6. The fourth-order valence-electron chi connectivity index (χ4n) is 6.34. The highest BCUT2D eigenvalue weighted by Gasteiger charge is 2.36. The summed E-state index contributed by atoms with van der Waals surface area (Å²) in [6, 6.07) is 7.61. The second-order valence-corrected chi connectivity index (χ2v) is 11.3. The monoisotopic (exact) mass is 551 g/mol. The van der Waals surface area contributed by atoms with Crippen molar-refractivity contribution in [3.63, 3.8) is 0 Å². The summed E-state index contributed by atoms with van der Waals surface area (Å²) in [5.74, 6) is -1.11. The molecule has 1 amide bonds. The smallest absolute Gasteiger partial charge is 0.414 e. The molecule has 3 aromatic rings. The van der Waals surface area contributed by atoms with Gasteiger partial charge in [0.25, 0.3) is 0 Å². The van der Waals surface area contributed by atoms with E-state index in [1.54, 1.807) is 4.90 Å². The molecule has 2 aliphatic carbocycles. The molecule has 212 valence electrons. The second-order valence-electron chi connectivity index (χ2n) is 11.3. The molecule has 0 bridgehead atoms. The van der Waals surface area contributed by atoms with Crippen LogP contribution in [-0.4, -0.2) is 51.1 Å². The number of benzene rings is 2. The van der Waals surface area contributed by atoms with E-state index in [0.717, 1.165) is 36.8 Å². The number of halogens is 1. The highest BCUT2D eigenvalue weighted by atomic mass is 19.1. The lowest BCUT2D eigenvalue weighted by Gasteiger charge is -2.34. The quantitative estimate of drug-likeness (QED) is 0.415. The summed E-state index contributed by atoms with van der Waals surface area (Å²) in [5.41, 5.74) is 3.26. The molecule has 10 heteroatoms. The lowest BCUT2D eigenvalue weighted by Crippen LogP contribution is -2.42. The zero-order chi connectivity index (χ0) is 28.1. The summed E-state index contributed by atoms with van der Waals surface area (Å²) in [7, 11) is 1.35. The molecule has 9 nitrogen and oxygen atoms in total. The number of aliphatic carboxylic acids is 1. The number of amides is 1. The number of carbonyl (C=O) groups is 2. The summed E-state index contributed by atoms with van der Waals surface area (Å²) < 4.78 is 27.5. The first-order chi connectivity index (χ1) is 19.3. The molecule has 1 aromatic heterocycles. The van der Waals surface area contributed by atoms with E-state index >= 15 is 0 Å². The SMILES string of the molecule is COC(=O)N1c2ccc3c(nc(C(O)c4cc(F)ccc4OC4CC4)n3C3CCCC(C(=O)O)C3)c2CC[C@@H]1C. The van der Waals surface area contributed by atoms with E-state index < -0.39 is 29.9 Å². The predicted octanol–water partition coefficient (Wildman–Crippen LogP) is 5.52. The molecule has 40 heavy (non-hydrogen) atoms. The van der Waals surface area contributed by atoms with Crippen LogP contribution in [-0.2, 0) is 16.0 Å². The van der Waals surface area contributed by atoms with E-state index in [1.165, 1.54) is 25.3 Å². The molecular formula is C30H34FN3O6. The topological polar surface area (TPSA) is 114 Å². The van der Waals surface area contributed by atoms with Crippen LogP contribution in [0.15, 0.2) is 30.3 Å². The van der Waals surface area contributed by atoms with Crippen molar-refractivity contribution >= 4 is 28.8 Å². The maximum absolute atomic E-state index is 14.5. The normalized spacial score (nSPS) is 23.5. The molecule has 2 N–H and O–H groups in total. The lowest BCUT2D eigenvalue weighted by atomic mass is 9.85. The van der Waals surface area contributed by atoms with Gasteiger partial charge in [-0.05, 0) is 82.2 Å². The predicted molar refractivity (Wildman–Crippen MR) is 145 cm³/mol. The van der Waals surface area contributed by atoms with Crippen LogP contribution in [0.2, 0.25) is 0 Å². The van der Waals surface area contributed by atoms with Crippen molar-refractivity contribution in [3.8, 4) is 5.75 Å². The number of aliphatic hydroxyl groups is 1. The van der Waals surface area contributed by atoms with E-state index in [2.05, 4.69) is 0 Å². The van der Waals surface area contributed by atoms with Gasteiger partial charge in [0, 0.05) is 23.2 Å². The molecule has 3 unspecified atom stereocenters. The number of hydrogen-bond acceptors (Lipinski definition) is 6. The van der Waals surface area contributed by atoms with Crippen LogP contribution >= 0.6 is 0 Å². The second kappa shape index (κ2) is 10.4. The van der Waals surface area contributed by atoms with Crippen LogP contribution < -0.4 is 9.64 Å². The average molecular weight is 552 g/mol. The minimum Gasteiger partial charge on any atom is -0.490 e. The largest absolute Gasteiger partial charge is 0.490 e. The minimum atomic E-state index is -1.31. The number of methoxy groups -OCH3 is 1. The number of imidazole rings is 1. The van der Waals surface area contributed by atoms with E-state index in [0.29, 0.717) is 48.5 Å². The van der Waals surface area contributed by atoms with Gasteiger partial charge in [0.2, 0.25) is 0 Å². The molecule has 0 radical (unpaired) electrons. The van der Waals surface area contributed by atoms with Crippen LogP contribution in [0.25, 0.3) is 11.0 Å². The van der Waals surface area contributed by atoms with Gasteiger partial charge in [-0.25, -0.2) is 14.2 Å². The van der Waals surface area contributed by atoms with E-state index in [9.17, 15) is 24.2 Å². The zero-order valence-electron chi connectivity index (χ0n) is 22.7. The number of aryl methyl sites for hydroxylation is 1. The molecule has 4 atom stereocenters. The highest BCUT2D eigenvalue weighted by molar-refractivity contribution is 5.95. The molecule has 0 saturated heterocycles. The number of carbonyl (C=O) groups excluding carboxylic acids is 1. The zero-order valence-corrected chi connectivity index (χ0v) is 22.7. The Labute approximate surface area is 231 Å². The molecule has 0 spiro atoms. The Bertz CT molecular complexity index is 1470. The van der Waals surface area contributed by atoms with Crippen molar-refractivity contribution in [2.75, 3.05) is 12.0 Å². The Hall–Kier alpha value is -3.66. The minimum absolute atomic E-state index is 0.0446. The number of ether oxygens (including phenoxy) is 2. The number of anilines is 1. The van der Waals surface area contributed by atoms with Crippen LogP contribution in [0.5, 0.6) is 5.75 Å². The summed E-state index contributed by atoms with van der Waals surface area (Å²) in [6.45, 7) is 1.97. The molecule has 3 aliphatic rings. The molecule has 2 aromatic carbocycles. The van der Waals surface area contributed by atoms with Gasteiger partial charge in [-0.2, -0.15) is 0 Å². The van der Waals surface area contributed by atoms with Crippen molar-refractivity contribution in [3.05, 3.63) is 53.1 Å². The average Bonchev–Trinajstić information content (AvgIpc) is 3.69. The molecular weight excluding hydrogens is 517 g/mol. The Balaban J connectivity index is 1.52. The number of carboxylic acid groups (broad SMARTS) is 1. The van der Waals surface area contributed by atoms with Gasteiger partial charge in [0.05, 0.1) is 35.9 Å². The molecule has 1 aliphatic heterocycles. The Morgan fingerprint density at radius 3 is 2.65 bits per heavy atom. The summed E-state index contributed by atoms with van der Waals surface area (Å²) in [5, 5.41) is 21.6. The van der Waals surface area contributed by atoms with Crippen molar-refractivity contribution in [1.29, 1.82) is 0 Å². The highest BCUT2D eigenvalue weighted by Crippen LogP contribution is 2.43. The number of aliphatic hydroxyl groups excluding tert-OH is 1. The van der Waals surface area contributed by atoms with E-state index in [1.807, 2.05) is 23.6 Å². The Kier molecular flexibility index (Phi) is 6.90. The van der Waals surface area contributed by atoms with Crippen molar-refractivity contribution in [1.82, 2.24) is 9.55 Å². The van der Waals surface area contributed by atoms with Crippen LogP contribution in [0.4, 0.5) is 14.9 Å². The molecule has 2 saturated carbocycles. The summed E-state index contributed by atoms with van der Waals surface area (Å²) in [4.78, 5) is 31.2. The Morgan fingerprint density at radius 2 is 1.93 bits per heavy atom. The van der Waals surface area contributed by atoms with Crippen LogP contribution in [0, 0.1) is 11.7 Å². The van der Waals surface area contributed by atoms with Gasteiger partial charge in [-0.15, -0.1) is 0 Å². The fraction of sp³-hybridized carbons (Fsp3) is 0.500. The van der Waals surface area contributed by atoms with Crippen molar-refractivity contribution < 1.29 is 33.7 Å². The number of carboxylic acids is 1. The number of aromatic nitrogens is 2. The third kappa shape index (κ3) is 4.68. The Morgan fingerprint density at radius 1 is 1.12 bits per heavy atom. The lowest BCUT2D eigenvalue weighted by molar-refractivity contribution is -0.143. The van der Waals surface area contributed by atoms with Crippen LogP contribution in [0.1, 0.15) is 81.0 Å². The molecule has 6 rings (SSSR count). The van der Waals surface area contributed by atoms with Gasteiger partial charge in [0.1, 0.15) is 23.5 Å². The maximum atomic E-state index is 14.5. The van der Waals surface area contributed by atoms with Gasteiger partial charge in [-0.1, -0.05) is 6.42 Å². The van der Waals surface area contributed by atoms with Crippen molar-refractivity contribution in [2.45, 2.75) is 82.6 Å². The third-order valence-electron chi connectivity index (χ3n) is 8.54. The van der Waals surface area contributed by atoms with Gasteiger partial charge >= 0.3 is 12.1 Å². The first-order valence-electron chi connectivity index (χ1n) is 14.0. The van der Waals surface area contributed by atoms with E-state index in [-0.39, 0.29) is 23.8 Å². The third-order valence-corrected chi connectivity index (χ3v) is 8.54. The van der Waals surface area contributed by atoms with Crippen LogP contribution in [0.3, 0.4) is 0 Å². The standard InChI is InChI=1S/C30H34FN3O6/c1-16-6-10-21-23(33(16)30(38)39-2)11-12-24-26(21)32-28(34(24)19-5-3-4-17(14-19)29(36)37)27(35)22-15-18(31)7-13-25(22)40-20-8-9-20/h7,11-13,15-17,19-20,27,35H,3-6,8-10,14H2,1-2H3,(H,36,37)/t16-,17?,19?,27?/m0/s1. The first kappa shape index (κ1) is 26.6. The molecule has 2 heterocycles. The van der Waals surface area contributed by atoms with Gasteiger partial charge in [0.15, 0.2) is 0 Å². The number of fused-ring (bicyclic) bond motifs is 3. The van der Waals surface area contributed by atoms with Gasteiger partial charge < -0.3 is 24.3 Å². The maximum Gasteiger partial charge on any atom is 0.414 e. The first-order valence-corrected chi connectivity index (χ1v) is 14.0. The van der Waals surface area contributed by atoms with E-state index in [4.69, 9.17) is 14.5 Å². The molecule has 2 fully saturated rings. The van der Waals surface area contributed by atoms with Crippen molar-refractivity contribution in [2.24, 2.45) is 5.92 Å². The fourth-order valence-corrected chi connectivity index (χ4v) is 6.34.